The summed E-state index contributed by atoms with van der Waals surface area (Å²) < 4.78 is 6.43. The lowest BCUT2D eigenvalue weighted by Crippen LogP contribution is -2.51. The van der Waals surface area contributed by atoms with Gasteiger partial charge in [0.1, 0.15) is 5.54 Å². The molecule has 2 saturated heterocycles. The molecule has 0 spiro atoms. The van der Waals surface area contributed by atoms with Gasteiger partial charge in [-0.15, -0.1) is 0 Å². The Hall–Kier alpha value is -0.950. The fourth-order valence-corrected chi connectivity index (χ4v) is 4.01. The number of nitrogens with zero attached hydrogens (tertiary/aromatic N) is 2. The summed E-state index contributed by atoms with van der Waals surface area (Å²) in [5.41, 5.74) is 6.29. The molecular formula is C18H26BrN3O2. The van der Waals surface area contributed by atoms with Gasteiger partial charge in [-0.05, 0) is 30.5 Å². The Morgan fingerprint density at radius 2 is 1.88 bits per heavy atom. The van der Waals surface area contributed by atoms with Gasteiger partial charge < -0.3 is 15.4 Å². The molecule has 3 rings (SSSR count). The van der Waals surface area contributed by atoms with Crippen molar-refractivity contribution in [2.75, 3.05) is 39.4 Å². The van der Waals surface area contributed by atoms with Gasteiger partial charge in [-0.3, -0.25) is 9.69 Å². The number of nitrogens with two attached hydrogens (primary N) is 1. The fourth-order valence-electron chi connectivity index (χ4n) is 3.75. The monoisotopic (exact) mass is 395 g/mol. The normalized spacial score (nSPS) is 27.9. The molecule has 0 radical (unpaired) electrons. The van der Waals surface area contributed by atoms with E-state index < -0.39 is 5.54 Å². The molecule has 2 aliphatic rings. The second-order valence-electron chi connectivity index (χ2n) is 7.11. The predicted molar refractivity (Wildman–Crippen MR) is 97.6 cm³/mol. The van der Waals surface area contributed by atoms with Crippen molar-refractivity contribution >= 4 is 21.8 Å². The molecule has 2 N–H and O–H groups in total. The molecule has 6 heteroatoms. The van der Waals surface area contributed by atoms with Crippen LogP contribution in [0.4, 0.5) is 0 Å². The van der Waals surface area contributed by atoms with Crippen LogP contribution in [0, 0.1) is 5.92 Å². The molecule has 3 atom stereocenters. The number of halogens is 1. The van der Waals surface area contributed by atoms with E-state index in [2.05, 4.69) is 27.8 Å². The van der Waals surface area contributed by atoms with Gasteiger partial charge in [0, 0.05) is 36.7 Å². The van der Waals surface area contributed by atoms with E-state index in [9.17, 15) is 4.79 Å². The Balaban J connectivity index is 1.71. The molecule has 3 unspecified atom stereocenters. The third-order valence-corrected chi connectivity index (χ3v) is 5.79. The van der Waals surface area contributed by atoms with E-state index in [-0.39, 0.29) is 5.91 Å². The Labute approximate surface area is 152 Å². The minimum Gasteiger partial charge on any atom is -0.379 e. The van der Waals surface area contributed by atoms with Crippen molar-refractivity contribution in [1.29, 1.82) is 0 Å². The molecule has 1 aromatic carbocycles. The molecule has 24 heavy (non-hydrogen) atoms. The number of hydrogen-bond acceptors (Lipinski definition) is 4. The second kappa shape index (κ2) is 7.12. The van der Waals surface area contributed by atoms with Crippen molar-refractivity contribution < 1.29 is 9.53 Å². The molecule has 2 fully saturated rings. The van der Waals surface area contributed by atoms with Gasteiger partial charge in [-0.2, -0.15) is 0 Å². The summed E-state index contributed by atoms with van der Waals surface area (Å²) in [5, 5.41) is 0. The first-order chi connectivity index (χ1) is 11.4. The van der Waals surface area contributed by atoms with Crippen molar-refractivity contribution in [2.45, 2.75) is 25.4 Å². The van der Waals surface area contributed by atoms with Gasteiger partial charge in [0.15, 0.2) is 0 Å². The lowest BCUT2D eigenvalue weighted by molar-refractivity contribution is -0.136. The molecule has 0 saturated carbocycles. The number of likely N-dealkylation sites (tertiary alicyclic amines) is 1. The zero-order chi connectivity index (χ0) is 17.3. The number of benzene rings is 1. The highest BCUT2D eigenvalue weighted by molar-refractivity contribution is 9.10. The number of morpholine rings is 1. The lowest BCUT2D eigenvalue weighted by Gasteiger charge is -2.34. The van der Waals surface area contributed by atoms with E-state index in [1.165, 1.54) is 0 Å². The van der Waals surface area contributed by atoms with Gasteiger partial charge in [0.05, 0.1) is 13.2 Å². The van der Waals surface area contributed by atoms with Crippen molar-refractivity contribution in [2.24, 2.45) is 11.7 Å². The minimum atomic E-state index is -1.000. The van der Waals surface area contributed by atoms with E-state index in [1.807, 2.05) is 36.1 Å². The maximum atomic E-state index is 13.1. The molecule has 0 bridgehead atoms. The highest BCUT2D eigenvalue weighted by Crippen LogP contribution is 2.28. The molecule has 1 amide bonds. The van der Waals surface area contributed by atoms with Crippen LogP contribution in [0.1, 0.15) is 19.4 Å². The fraction of sp³-hybridized carbons (Fsp3) is 0.611. The summed E-state index contributed by atoms with van der Waals surface area (Å²) >= 11 is 3.42. The predicted octanol–water partition coefficient (Wildman–Crippen LogP) is 1.80. The van der Waals surface area contributed by atoms with Gasteiger partial charge in [-0.25, -0.2) is 0 Å². The third kappa shape index (κ3) is 3.52. The van der Waals surface area contributed by atoms with Crippen molar-refractivity contribution in [3.8, 4) is 0 Å². The lowest BCUT2D eigenvalue weighted by atomic mass is 9.92. The van der Waals surface area contributed by atoms with Crippen LogP contribution in [0.15, 0.2) is 28.7 Å². The molecule has 2 aliphatic heterocycles. The van der Waals surface area contributed by atoms with Crippen LogP contribution in [-0.4, -0.2) is 61.1 Å². The smallest absolute Gasteiger partial charge is 0.247 e. The van der Waals surface area contributed by atoms with Crippen LogP contribution in [0.3, 0.4) is 0 Å². The van der Waals surface area contributed by atoms with Crippen molar-refractivity contribution in [3.05, 3.63) is 34.3 Å². The molecular weight excluding hydrogens is 370 g/mol. The number of carbonyl (C=O) groups excluding carboxylic acids is 1. The van der Waals surface area contributed by atoms with E-state index in [4.69, 9.17) is 10.5 Å². The van der Waals surface area contributed by atoms with Crippen LogP contribution in [-0.2, 0) is 15.1 Å². The Morgan fingerprint density at radius 1 is 1.25 bits per heavy atom. The van der Waals surface area contributed by atoms with Crippen LogP contribution >= 0.6 is 15.9 Å². The van der Waals surface area contributed by atoms with Crippen LogP contribution < -0.4 is 5.73 Å². The SMILES string of the molecule is CC1CN(C(=O)C(C)(N)c2ccc(Br)cc2)CC1N1CCOCC1. The second-order valence-corrected chi connectivity index (χ2v) is 8.03. The number of hydrogen-bond donors (Lipinski definition) is 1. The average Bonchev–Trinajstić information content (AvgIpc) is 2.97. The molecule has 1 aromatic rings. The molecule has 5 nitrogen and oxygen atoms in total. The zero-order valence-electron chi connectivity index (χ0n) is 14.4. The number of amides is 1. The minimum absolute atomic E-state index is 0.00688. The third-order valence-electron chi connectivity index (χ3n) is 5.26. The maximum Gasteiger partial charge on any atom is 0.247 e. The number of ether oxygens (including phenoxy) is 1. The molecule has 0 aliphatic carbocycles. The van der Waals surface area contributed by atoms with Gasteiger partial charge in [0.25, 0.3) is 0 Å². The standard InChI is InChI=1S/C18H26BrN3O2/c1-13-11-22(12-16(13)21-7-9-24-10-8-21)17(23)18(2,20)14-3-5-15(19)6-4-14/h3-6,13,16H,7-12,20H2,1-2H3. The van der Waals surface area contributed by atoms with Crippen LogP contribution in [0.5, 0.6) is 0 Å². The summed E-state index contributed by atoms with van der Waals surface area (Å²) in [4.78, 5) is 17.5. The summed E-state index contributed by atoms with van der Waals surface area (Å²) in [5.74, 6) is 0.459. The van der Waals surface area contributed by atoms with Gasteiger partial charge in [0.2, 0.25) is 5.91 Å². The molecule has 2 heterocycles. The summed E-state index contributed by atoms with van der Waals surface area (Å²) in [6, 6.07) is 8.09. The van der Waals surface area contributed by atoms with E-state index in [1.54, 1.807) is 0 Å². The molecule has 0 aromatic heterocycles. The van der Waals surface area contributed by atoms with Gasteiger partial charge >= 0.3 is 0 Å². The largest absolute Gasteiger partial charge is 0.379 e. The van der Waals surface area contributed by atoms with Gasteiger partial charge in [-0.1, -0.05) is 35.0 Å². The van der Waals surface area contributed by atoms with Crippen molar-refractivity contribution in [1.82, 2.24) is 9.80 Å². The van der Waals surface area contributed by atoms with E-state index in [0.717, 1.165) is 49.4 Å². The van der Waals surface area contributed by atoms with Crippen molar-refractivity contribution in [3.63, 3.8) is 0 Å². The first kappa shape index (κ1) is 17.9. The zero-order valence-corrected chi connectivity index (χ0v) is 16.0. The summed E-state index contributed by atoms with van der Waals surface area (Å²) in [6.45, 7) is 9.02. The Morgan fingerprint density at radius 3 is 2.50 bits per heavy atom. The van der Waals surface area contributed by atoms with Crippen LogP contribution in [0.25, 0.3) is 0 Å². The quantitative estimate of drug-likeness (QED) is 0.847. The number of rotatable bonds is 3. The first-order valence-electron chi connectivity index (χ1n) is 8.55. The Bertz CT molecular complexity index is 584. The molecule has 132 valence electrons. The summed E-state index contributed by atoms with van der Waals surface area (Å²) in [6.07, 6.45) is 0. The highest BCUT2D eigenvalue weighted by Gasteiger charge is 2.42. The average molecular weight is 396 g/mol. The maximum absolute atomic E-state index is 13.1. The Kier molecular flexibility index (Phi) is 5.30. The first-order valence-corrected chi connectivity index (χ1v) is 9.35. The van der Waals surface area contributed by atoms with E-state index >= 15 is 0 Å². The van der Waals surface area contributed by atoms with E-state index in [0.29, 0.717) is 12.0 Å². The summed E-state index contributed by atoms with van der Waals surface area (Å²) in [7, 11) is 0. The topological polar surface area (TPSA) is 58.8 Å². The van der Waals surface area contributed by atoms with Crippen LogP contribution in [0.2, 0.25) is 0 Å². The highest BCUT2D eigenvalue weighted by atomic mass is 79.9. The number of carbonyl (C=O) groups is 1.